The molecule has 0 aliphatic heterocycles. The molecule has 0 atom stereocenters. The molecule has 0 amide bonds. The van der Waals surface area contributed by atoms with Gasteiger partial charge in [0.05, 0.1) is 0 Å². The van der Waals surface area contributed by atoms with Crippen LogP contribution in [0.3, 0.4) is 0 Å². The molecule has 0 fully saturated rings. The number of thioether (sulfide) groups is 1. The molecule has 0 saturated heterocycles. The Morgan fingerprint density at radius 1 is 1.14 bits per heavy atom. The van der Waals surface area contributed by atoms with Gasteiger partial charge in [0.1, 0.15) is 0 Å². The van der Waals surface area contributed by atoms with Crippen molar-refractivity contribution < 1.29 is 38.7 Å². The third-order valence-electron chi connectivity index (χ3n) is 0.287. The van der Waals surface area contributed by atoms with Crippen molar-refractivity contribution in [2.75, 3.05) is 0 Å². The van der Waals surface area contributed by atoms with Gasteiger partial charge in [0.15, 0.2) is 0 Å². The van der Waals surface area contributed by atoms with E-state index < -0.39 is 0 Å². The summed E-state index contributed by atoms with van der Waals surface area (Å²) in [5.41, 5.74) is 0. The molecule has 0 unspecified atom stereocenters. The van der Waals surface area contributed by atoms with E-state index in [-0.39, 0.29) is 0 Å². The van der Waals surface area contributed by atoms with Gasteiger partial charge in [-0.1, -0.05) is 0 Å². The Morgan fingerprint density at radius 2 is 1.43 bits per heavy atom. The fraction of sp³-hybridized carbons (Fsp3) is 0.500. The zero-order chi connectivity index (χ0) is 5.86. The van der Waals surface area contributed by atoms with Crippen molar-refractivity contribution in [1.29, 1.82) is 0 Å². The number of hydrogen-bond donors (Lipinski definition) is 0. The van der Waals surface area contributed by atoms with Gasteiger partial charge in [-0.05, 0) is 0 Å². The second-order valence-electron chi connectivity index (χ2n) is 1.09. The van der Waals surface area contributed by atoms with Gasteiger partial charge in [-0.15, -0.1) is 0 Å². The molecule has 0 aromatic carbocycles. The van der Waals surface area contributed by atoms with Crippen molar-refractivity contribution in [2.45, 2.75) is 13.8 Å². The first-order chi connectivity index (χ1) is 3.13. The summed E-state index contributed by atoms with van der Waals surface area (Å²) in [5.74, 6) is 0. The Bertz CT molecular complexity index is 85.9. The molecule has 0 rings (SSSR count). The molecule has 0 N–H and O–H groups in total. The van der Waals surface area contributed by atoms with Crippen molar-refractivity contribution in [3.8, 4) is 0 Å². The zero-order valence-corrected chi connectivity index (χ0v) is 10.9. The molecule has 0 aliphatic carbocycles. The fourth-order valence-corrected chi connectivity index (χ4v) is 5.77. The summed E-state index contributed by atoms with van der Waals surface area (Å²) in [5, 5.41) is 0. The molecule has 0 radical (unpaired) electrons. The monoisotopic (exact) mass is 454 g/mol. The minimum absolute atomic E-state index is 1.52. The molecule has 0 aromatic rings. The van der Waals surface area contributed by atoms with Crippen LogP contribution in [0.2, 0.25) is 0 Å². The summed E-state index contributed by atoms with van der Waals surface area (Å²) < 4.78 is 3.04. The fourth-order valence-electron chi connectivity index (χ4n) is 0.202. The third kappa shape index (κ3) is 7.47. The Morgan fingerprint density at radius 3 is 1.43 bits per heavy atom. The van der Waals surface area contributed by atoms with Crippen LogP contribution in [0.25, 0.3) is 0 Å². The summed E-state index contributed by atoms with van der Waals surface area (Å²) in [4.78, 5) is 0. The molecule has 3 heteroatoms. The van der Waals surface area contributed by atoms with Crippen LogP contribution in [0, 0.1) is 0 Å². The van der Waals surface area contributed by atoms with Gasteiger partial charge in [0.2, 0.25) is 0 Å². The van der Waals surface area contributed by atoms with Crippen molar-refractivity contribution in [2.24, 2.45) is 0 Å². The normalized spacial score (nSPS) is 8.29. The summed E-state index contributed by atoms with van der Waals surface area (Å²) in [6, 6.07) is 0. The Kier molecular flexibility index (Phi) is 5.27. The van der Waals surface area contributed by atoms with Crippen molar-refractivity contribution in [3.63, 3.8) is 0 Å². The first kappa shape index (κ1) is 8.47. The van der Waals surface area contributed by atoms with E-state index in [1.165, 1.54) is 6.46 Å². The van der Waals surface area contributed by atoms with E-state index in [0.717, 1.165) is 0 Å². The van der Waals surface area contributed by atoms with Crippen molar-refractivity contribution >= 4 is 18.2 Å². The van der Waals surface area contributed by atoms with Crippen molar-refractivity contribution in [1.82, 2.24) is 0 Å². The van der Waals surface area contributed by atoms with Crippen molar-refractivity contribution in [3.05, 3.63) is 0 Å². The van der Waals surface area contributed by atoms with E-state index in [2.05, 4.69) is 13.8 Å². The molecule has 0 aromatic heterocycles. The van der Waals surface area contributed by atoms with Crippen LogP contribution in [-0.4, -0.2) is 6.46 Å². The zero-order valence-electron chi connectivity index (χ0n) is 4.22. The molecule has 40 valence electrons. The second kappa shape index (κ2) is 4.36. The van der Waals surface area contributed by atoms with Gasteiger partial charge in [0, 0.05) is 0 Å². The van der Waals surface area contributed by atoms with Crippen LogP contribution in [0.4, 0.5) is 0 Å². The molecule has 7 heavy (non-hydrogen) atoms. The molecule has 0 bridgehead atoms. The van der Waals surface area contributed by atoms with Gasteiger partial charge in [0.25, 0.3) is 0 Å². The summed E-state index contributed by atoms with van der Waals surface area (Å²) in [7, 11) is 0. The van der Waals surface area contributed by atoms with E-state index in [1.807, 2.05) is 11.8 Å². The minimum atomic E-state index is 1.52. The van der Waals surface area contributed by atoms with Gasteiger partial charge in [-0.3, -0.25) is 0 Å². The summed E-state index contributed by atoms with van der Waals surface area (Å²) >= 11 is 5.11. The predicted molar refractivity (Wildman–Crippen MR) is 29.0 cm³/mol. The first-order valence-corrected chi connectivity index (χ1v) is 5.57. The Balaban J connectivity index is 3.32. The van der Waals surface area contributed by atoms with Crippen LogP contribution in [0.5, 0.6) is 0 Å². The van der Waals surface area contributed by atoms with Gasteiger partial charge >= 0.3 is 70.8 Å². The van der Waals surface area contributed by atoms with E-state index in [4.69, 9.17) is 0 Å². The number of hydrogen-bond acceptors (Lipinski definition) is 1. The van der Waals surface area contributed by atoms with Crippen LogP contribution in [-0.2, 0) is 38.7 Å². The van der Waals surface area contributed by atoms with Crippen LogP contribution >= 0.6 is 11.8 Å². The number of rotatable bonds is 2. The topological polar surface area (TPSA) is 0 Å². The maximum absolute atomic E-state index is 2.17. The maximum atomic E-state index is 2.17. The second-order valence-corrected chi connectivity index (χ2v) is 8.97. The first-order valence-electron chi connectivity index (χ1n) is 1.82. The van der Waals surface area contributed by atoms with Crippen LogP contribution in [0.1, 0.15) is 13.8 Å². The van der Waals surface area contributed by atoms with Crippen LogP contribution < -0.4 is 0 Å². The quantitative estimate of drug-likeness (QED) is 0.604. The molecule has 0 saturated carbocycles. The predicted octanol–water partition coefficient (Wildman–Crippen LogP) is 1.11. The van der Waals surface area contributed by atoms with E-state index in [9.17, 15) is 0 Å². The molecular formula is C4H6SW2. The summed E-state index contributed by atoms with van der Waals surface area (Å²) in [6.07, 6.45) is 0. The molecule has 0 aliphatic rings. The average molecular weight is 454 g/mol. The van der Waals surface area contributed by atoms with E-state index in [1.54, 1.807) is 38.7 Å². The van der Waals surface area contributed by atoms with Gasteiger partial charge in [-0.2, -0.15) is 0 Å². The summed E-state index contributed by atoms with van der Waals surface area (Å²) in [6.45, 7) is 4.35. The van der Waals surface area contributed by atoms with Gasteiger partial charge in [-0.25, -0.2) is 0 Å². The molecular weight excluding hydrogens is 448 g/mol. The van der Waals surface area contributed by atoms with E-state index in [0.29, 0.717) is 0 Å². The Labute approximate surface area is 70.3 Å². The molecule has 0 spiro atoms. The standard InChI is InChI=1S/C4H6S.2W/c1-3-5-4-2;;/h1-2H3;;. The Hall–Kier alpha value is 1.47. The third-order valence-corrected chi connectivity index (χ3v) is 2.66. The van der Waals surface area contributed by atoms with Gasteiger partial charge < -0.3 is 0 Å². The van der Waals surface area contributed by atoms with E-state index >= 15 is 0 Å². The SMILES string of the molecule is C[C](=[W])S[C](C)=[W]. The molecule has 0 nitrogen and oxygen atoms in total. The average Bonchev–Trinajstić information content (AvgIpc) is 1.27. The van der Waals surface area contributed by atoms with Crippen LogP contribution in [0.15, 0.2) is 0 Å². The molecule has 0 heterocycles.